The lowest BCUT2D eigenvalue weighted by atomic mass is 10.2. The molecule has 6 heteroatoms. The molecule has 0 atom stereocenters. The van der Waals surface area contributed by atoms with Gasteiger partial charge in [0.15, 0.2) is 5.96 Å². The molecule has 0 bridgehead atoms. The second kappa shape index (κ2) is 8.42. The molecule has 0 fully saturated rings. The first kappa shape index (κ1) is 15.4. The molecule has 0 saturated carbocycles. The molecule has 0 radical (unpaired) electrons. The first-order chi connectivity index (χ1) is 9.17. The van der Waals surface area contributed by atoms with Gasteiger partial charge >= 0.3 is 0 Å². The van der Waals surface area contributed by atoms with Gasteiger partial charge in [-0.25, -0.2) is 13.8 Å². The van der Waals surface area contributed by atoms with Crippen molar-refractivity contribution < 1.29 is 13.5 Å². The lowest BCUT2D eigenvalue weighted by Gasteiger charge is -2.10. The molecule has 2 N–H and O–H groups in total. The molecule has 0 aliphatic heterocycles. The van der Waals surface area contributed by atoms with Crippen LogP contribution in [0.15, 0.2) is 23.2 Å². The van der Waals surface area contributed by atoms with Crippen molar-refractivity contribution in [2.45, 2.75) is 13.5 Å². The Hall–Kier alpha value is -1.69. The van der Waals surface area contributed by atoms with Crippen molar-refractivity contribution in [2.75, 3.05) is 26.8 Å². The maximum atomic E-state index is 13.4. The van der Waals surface area contributed by atoms with Crippen LogP contribution >= 0.6 is 0 Å². The third-order valence-corrected chi connectivity index (χ3v) is 2.37. The highest BCUT2D eigenvalue weighted by molar-refractivity contribution is 5.79. The Bertz CT molecular complexity index is 424. The summed E-state index contributed by atoms with van der Waals surface area (Å²) in [5.41, 5.74) is 0.352. The van der Waals surface area contributed by atoms with E-state index < -0.39 is 11.6 Å². The number of halogens is 2. The van der Waals surface area contributed by atoms with Crippen molar-refractivity contribution in [1.82, 2.24) is 10.6 Å². The summed E-state index contributed by atoms with van der Waals surface area (Å²) >= 11 is 0. The van der Waals surface area contributed by atoms with Crippen molar-refractivity contribution in [1.29, 1.82) is 0 Å². The van der Waals surface area contributed by atoms with E-state index in [9.17, 15) is 8.78 Å². The van der Waals surface area contributed by atoms with Crippen LogP contribution in [0.1, 0.15) is 12.5 Å². The van der Waals surface area contributed by atoms with E-state index >= 15 is 0 Å². The highest BCUT2D eigenvalue weighted by Crippen LogP contribution is 2.10. The van der Waals surface area contributed by atoms with Gasteiger partial charge in [-0.1, -0.05) is 6.07 Å². The molecule has 19 heavy (non-hydrogen) atoms. The van der Waals surface area contributed by atoms with E-state index in [0.29, 0.717) is 31.2 Å². The van der Waals surface area contributed by atoms with Crippen LogP contribution in [0.4, 0.5) is 8.78 Å². The molecule has 4 nitrogen and oxygen atoms in total. The van der Waals surface area contributed by atoms with Crippen LogP contribution in [0.2, 0.25) is 0 Å². The smallest absolute Gasteiger partial charge is 0.191 e. The maximum Gasteiger partial charge on any atom is 0.191 e. The molecular weight excluding hydrogens is 252 g/mol. The Labute approximate surface area is 111 Å². The minimum atomic E-state index is -0.588. The molecule has 0 saturated heterocycles. The fourth-order valence-electron chi connectivity index (χ4n) is 1.43. The lowest BCUT2D eigenvalue weighted by molar-refractivity contribution is 0.203. The van der Waals surface area contributed by atoms with Crippen LogP contribution in [-0.2, 0) is 11.3 Å². The van der Waals surface area contributed by atoms with Gasteiger partial charge in [0.2, 0.25) is 0 Å². The van der Waals surface area contributed by atoms with E-state index in [0.717, 1.165) is 6.07 Å². The summed E-state index contributed by atoms with van der Waals surface area (Å²) in [5.74, 6) is -0.602. The summed E-state index contributed by atoms with van der Waals surface area (Å²) in [5, 5.41) is 6.07. The normalized spacial score (nSPS) is 11.5. The number of benzene rings is 1. The average Bonchev–Trinajstić information content (AvgIpc) is 2.37. The number of ether oxygens (including phenoxy) is 1. The molecule has 0 aliphatic rings. The highest BCUT2D eigenvalue weighted by atomic mass is 19.1. The number of hydrogen-bond donors (Lipinski definition) is 2. The second-order valence-corrected chi connectivity index (χ2v) is 3.85. The number of hydrogen-bond acceptors (Lipinski definition) is 2. The number of nitrogens with one attached hydrogen (secondary N) is 2. The number of nitrogens with zero attached hydrogens (tertiary/aromatic N) is 1. The van der Waals surface area contributed by atoms with Gasteiger partial charge in [-0.15, -0.1) is 0 Å². The van der Waals surface area contributed by atoms with Crippen molar-refractivity contribution in [3.8, 4) is 0 Å². The fourth-order valence-corrected chi connectivity index (χ4v) is 1.43. The quantitative estimate of drug-likeness (QED) is 0.470. The largest absolute Gasteiger partial charge is 0.383 e. The van der Waals surface area contributed by atoms with Crippen molar-refractivity contribution >= 4 is 5.96 Å². The predicted octanol–water partition coefficient (Wildman–Crippen LogP) is 1.67. The molecule has 0 aliphatic carbocycles. The summed E-state index contributed by atoms with van der Waals surface area (Å²) in [6.45, 7) is 3.94. The van der Waals surface area contributed by atoms with Crippen molar-refractivity contribution in [3.05, 3.63) is 35.4 Å². The summed E-state index contributed by atoms with van der Waals surface area (Å²) in [7, 11) is 1.61. The second-order valence-electron chi connectivity index (χ2n) is 3.85. The summed E-state index contributed by atoms with van der Waals surface area (Å²) in [4.78, 5) is 4.22. The molecule has 1 aromatic rings. The summed E-state index contributed by atoms with van der Waals surface area (Å²) in [6, 6.07) is 3.47. The van der Waals surface area contributed by atoms with Gasteiger partial charge in [0, 0.05) is 31.8 Å². The van der Waals surface area contributed by atoms with E-state index in [1.54, 1.807) is 7.11 Å². The maximum absolute atomic E-state index is 13.4. The minimum absolute atomic E-state index is 0.147. The Balaban J connectivity index is 2.63. The summed E-state index contributed by atoms with van der Waals surface area (Å²) in [6.07, 6.45) is 0. The molecule has 0 heterocycles. The zero-order chi connectivity index (χ0) is 14.1. The van der Waals surface area contributed by atoms with Gasteiger partial charge in [0.05, 0.1) is 13.2 Å². The number of guanidine groups is 1. The molecule has 0 spiro atoms. The third-order valence-electron chi connectivity index (χ3n) is 2.37. The fraction of sp³-hybridized carbons (Fsp3) is 0.462. The van der Waals surface area contributed by atoms with Gasteiger partial charge in [0.25, 0.3) is 0 Å². The van der Waals surface area contributed by atoms with Gasteiger partial charge in [-0.05, 0) is 13.0 Å². The molecular formula is C13H19F2N3O. The van der Waals surface area contributed by atoms with Gasteiger partial charge in [-0.3, -0.25) is 0 Å². The van der Waals surface area contributed by atoms with Crippen LogP contribution in [0, 0.1) is 11.6 Å². The van der Waals surface area contributed by atoms with Crippen LogP contribution < -0.4 is 10.6 Å². The Morgan fingerprint density at radius 3 is 2.74 bits per heavy atom. The van der Waals surface area contributed by atoms with Gasteiger partial charge in [0.1, 0.15) is 11.6 Å². The van der Waals surface area contributed by atoms with Crippen LogP contribution in [0.5, 0.6) is 0 Å². The SMILES string of the molecule is CCNC(=NCc1ccc(F)cc1F)NCCOC. The highest BCUT2D eigenvalue weighted by Gasteiger charge is 2.03. The van der Waals surface area contributed by atoms with E-state index in [1.807, 2.05) is 6.92 Å². The molecule has 0 unspecified atom stereocenters. The number of methoxy groups -OCH3 is 1. The lowest BCUT2D eigenvalue weighted by Crippen LogP contribution is -2.38. The number of rotatable bonds is 6. The predicted molar refractivity (Wildman–Crippen MR) is 71.1 cm³/mol. The monoisotopic (exact) mass is 271 g/mol. The van der Waals surface area contributed by atoms with Crippen LogP contribution in [0.3, 0.4) is 0 Å². The Kier molecular flexibility index (Phi) is 6.81. The van der Waals surface area contributed by atoms with Crippen LogP contribution in [0.25, 0.3) is 0 Å². The van der Waals surface area contributed by atoms with Crippen molar-refractivity contribution in [2.24, 2.45) is 4.99 Å². The van der Waals surface area contributed by atoms with Gasteiger partial charge in [-0.2, -0.15) is 0 Å². The first-order valence-corrected chi connectivity index (χ1v) is 6.12. The van der Waals surface area contributed by atoms with E-state index in [4.69, 9.17) is 4.74 Å². The summed E-state index contributed by atoms with van der Waals surface area (Å²) < 4.78 is 31.1. The standard InChI is InChI=1S/C13H19F2N3O/c1-3-16-13(17-6-7-19-2)18-9-10-4-5-11(14)8-12(10)15/h4-5,8H,3,6-7,9H2,1-2H3,(H2,16,17,18). The van der Waals surface area contributed by atoms with E-state index in [-0.39, 0.29) is 6.54 Å². The molecule has 1 rings (SSSR count). The molecule has 106 valence electrons. The zero-order valence-corrected chi connectivity index (χ0v) is 11.2. The van der Waals surface area contributed by atoms with E-state index in [1.165, 1.54) is 12.1 Å². The molecule has 0 amide bonds. The average molecular weight is 271 g/mol. The molecule has 0 aromatic heterocycles. The molecule has 1 aromatic carbocycles. The van der Waals surface area contributed by atoms with Crippen LogP contribution in [-0.4, -0.2) is 32.8 Å². The van der Waals surface area contributed by atoms with E-state index in [2.05, 4.69) is 15.6 Å². The Morgan fingerprint density at radius 1 is 1.32 bits per heavy atom. The topological polar surface area (TPSA) is 45.7 Å². The first-order valence-electron chi connectivity index (χ1n) is 6.12. The zero-order valence-electron chi connectivity index (χ0n) is 11.2. The minimum Gasteiger partial charge on any atom is -0.383 e. The third kappa shape index (κ3) is 5.65. The van der Waals surface area contributed by atoms with Crippen molar-refractivity contribution in [3.63, 3.8) is 0 Å². The Morgan fingerprint density at radius 2 is 2.11 bits per heavy atom. The number of aliphatic imine (C=N–C) groups is 1. The van der Waals surface area contributed by atoms with Gasteiger partial charge < -0.3 is 15.4 Å².